The number of carbonyl (C=O) groups is 2. The lowest BCUT2D eigenvalue weighted by molar-refractivity contribution is -0.144. The van der Waals surface area contributed by atoms with Crippen molar-refractivity contribution in [1.29, 1.82) is 0 Å². The molecule has 2 aromatic carbocycles. The normalized spacial score (nSPS) is 10.9. The van der Waals surface area contributed by atoms with Crippen LogP contribution in [0, 0.1) is 0 Å². The van der Waals surface area contributed by atoms with Crippen LogP contribution in [0.2, 0.25) is 0 Å². The Balaban J connectivity index is 1.53. The minimum atomic E-state index is -3.65. The van der Waals surface area contributed by atoms with E-state index in [1.807, 2.05) is 0 Å². The van der Waals surface area contributed by atoms with E-state index < -0.39 is 35.0 Å². The van der Waals surface area contributed by atoms with Gasteiger partial charge in [0.2, 0.25) is 5.78 Å². The van der Waals surface area contributed by atoms with Crippen LogP contribution in [-0.4, -0.2) is 54.7 Å². The van der Waals surface area contributed by atoms with Gasteiger partial charge in [0.05, 0.1) is 25.5 Å². The van der Waals surface area contributed by atoms with E-state index in [0.29, 0.717) is 22.9 Å². The van der Waals surface area contributed by atoms with Crippen molar-refractivity contribution in [3.05, 3.63) is 65.5 Å². The number of carbonyl (C=O) groups excluding carboxylic acids is 2. The largest absolute Gasteiger partial charge is 0.497 e. The predicted octanol–water partition coefficient (Wildman–Crippen LogP) is 3.40. The van der Waals surface area contributed by atoms with E-state index in [9.17, 15) is 18.0 Å². The fourth-order valence-corrected chi connectivity index (χ4v) is 5.23. The molecule has 0 fully saturated rings. The Kier molecular flexibility index (Phi) is 8.13. The standard InChI is InChI=1S/C23H23NO8S2/c1-24(34(27,28)23-5-4-12-33-23)16-6-8-17(9-7-16)31-15-22(26)32-14-20(25)19-13-18(29-2)10-11-21(19)30-3/h4-13H,14-15H2,1-3H3. The Morgan fingerprint density at radius 3 is 2.26 bits per heavy atom. The molecule has 0 atom stereocenters. The Morgan fingerprint density at radius 1 is 0.941 bits per heavy atom. The Hall–Kier alpha value is -3.57. The minimum absolute atomic E-state index is 0.229. The first-order valence-electron chi connectivity index (χ1n) is 9.92. The summed E-state index contributed by atoms with van der Waals surface area (Å²) >= 11 is 1.13. The van der Waals surface area contributed by atoms with Crippen LogP contribution in [0.5, 0.6) is 17.2 Å². The maximum atomic E-state index is 12.6. The van der Waals surface area contributed by atoms with Gasteiger partial charge >= 0.3 is 5.97 Å². The van der Waals surface area contributed by atoms with Crippen molar-refractivity contribution < 1.29 is 37.0 Å². The van der Waals surface area contributed by atoms with Gasteiger partial charge in [-0.15, -0.1) is 11.3 Å². The molecule has 9 nitrogen and oxygen atoms in total. The molecule has 0 aliphatic rings. The molecule has 0 unspecified atom stereocenters. The fourth-order valence-electron chi connectivity index (χ4n) is 2.88. The van der Waals surface area contributed by atoms with Crippen molar-refractivity contribution in [2.45, 2.75) is 4.21 Å². The second kappa shape index (κ2) is 11.0. The summed E-state index contributed by atoms with van der Waals surface area (Å²) in [6.07, 6.45) is 0. The van der Waals surface area contributed by atoms with E-state index in [-0.39, 0.29) is 9.77 Å². The van der Waals surface area contributed by atoms with Gasteiger partial charge in [-0.05, 0) is 53.9 Å². The third-order valence-corrected chi connectivity index (χ3v) is 7.90. The fraction of sp³-hybridized carbons (Fsp3) is 0.217. The lowest BCUT2D eigenvalue weighted by Crippen LogP contribution is -2.25. The zero-order valence-corrected chi connectivity index (χ0v) is 20.4. The highest BCUT2D eigenvalue weighted by molar-refractivity contribution is 7.94. The Labute approximate surface area is 201 Å². The molecule has 1 heterocycles. The zero-order chi connectivity index (χ0) is 24.7. The summed E-state index contributed by atoms with van der Waals surface area (Å²) in [5.41, 5.74) is 0.661. The smallest absolute Gasteiger partial charge is 0.344 e. The van der Waals surface area contributed by atoms with E-state index in [4.69, 9.17) is 18.9 Å². The number of hydrogen-bond donors (Lipinski definition) is 0. The summed E-state index contributed by atoms with van der Waals surface area (Å²) in [6, 6.07) is 14.1. The maximum Gasteiger partial charge on any atom is 0.344 e. The zero-order valence-electron chi connectivity index (χ0n) is 18.7. The maximum absolute atomic E-state index is 12.6. The monoisotopic (exact) mass is 505 g/mol. The summed E-state index contributed by atoms with van der Waals surface area (Å²) in [7, 11) is 0.710. The van der Waals surface area contributed by atoms with Crippen molar-refractivity contribution in [1.82, 2.24) is 0 Å². The highest BCUT2D eigenvalue weighted by atomic mass is 32.2. The molecule has 0 amide bonds. The van der Waals surface area contributed by atoms with Crippen LogP contribution in [0.3, 0.4) is 0 Å². The molecule has 0 spiro atoms. The Morgan fingerprint density at radius 2 is 1.65 bits per heavy atom. The number of hydrogen-bond acceptors (Lipinski definition) is 9. The van der Waals surface area contributed by atoms with Gasteiger partial charge < -0.3 is 18.9 Å². The molecule has 0 saturated heterocycles. The number of thiophene rings is 1. The number of anilines is 1. The number of ketones is 1. The molecule has 34 heavy (non-hydrogen) atoms. The SMILES string of the molecule is COc1ccc(OC)c(C(=O)COC(=O)COc2ccc(N(C)S(=O)(=O)c3cccs3)cc2)c1. The molecule has 0 saturated carbocycles. The first-order valence-corrected chi connectivity index (χ1v) is 12.2. The van der Waals surface area contributed by atoms with E-state index >= 15 is 0 Å². The highest BCUT2D eigenvalue weighted by Crippen LogP contribution is 2.27. The van der Waals surface area contributed by atoms with Crippen LogP contribution in [0.15, 0.2) is 64.2 Å². The molecule has 180 valence electrons. The summed E-state index contributed by atoms with van der Waals surface area (Å²) < 4.78 is 47.3. The van der Waals surface area contributed by atoms with Crippen LogP contribution >= 0.6 is 11.3 Å². The van der Waals surface area contributed by atoms with E-state index in [1.54, 1.807) is 35.7 Å². The third kappa shape index (κ3) is 5.86. The lowest BCUT2D eigenvalue weighted by atomic mass is 10.1. The summed E-state index contributed by atoms with van der Waals surface area (Å²) in [4.78, 5) is 24.5. The van der Waals surface area contributed by atoms with Gasteiger partial charge in [0.15, 0.2) is 13.2 Å². The molecule has 3 rings (SSSR count). The third-order valence-electron chi connectivity index (χ3n) is 4.74. The topological polar surface area (TPSA) is 108 Å². The number of rotatable bonds is 11. The molecule has 1 aromatic heterocycles. The summed E-state index contributed by atoms with van der Waals surface area (Å²) in [5.74, 6) is -0.0520. The van der Waals surface area contributed by atoms with Gasteiger partial charge in [0.1, 0.15) is 21.5 Å². The van der Waals surface area contributed by atoms with Crippen molar-refractivity contribution in [2.24, 2.45) is 0 Å². The summed E-state index contributed by atoms with van der Waals surface area (Å²) in [6.45, 7) is -0.915. The molecule has 0 aliphatic carbocycles. The van der Waals surface area contributed by atoms with Gasteiger partial charge in [-0.25, -0.2) is 13.2 Å². The van der Waals surface area contributed by atoms with Crippen LogP contribution in [0.4, 0.5) is 5.69 Å². The molecular formula is C23H23NO8S2. The van der Waals surface area contributed by atoms with Gasteiger partial charge in [0, 0.05) is 7.05 Å². The van der Waals surface area contributed by atoms with Crippen molar-refractivity contribution in [2.75, 3.05) is 38.8 Å². The van der Waals surface area contributed by atoms with Crippen molar-refractivity contribution >= 4 is 38.8 Å². The van der Waals surface area contributed by atoms with E-state index in [2.05, 4.69) is 0 Å². The van der Waals surface area contributed by atoms with Gasteiger partial charge in [0.25, 0.3) is 10.0 Å². The molecule has 0 bridgehead atoms. The number of esters is 1. The van der Waals surface area contributed by atoms with Crippen molar-refractivity contribution in [3.8, 4) is 17.2 Å². The molecular weight excluding hydrogens is 482 g/mol. The second-order valence-corrected chi connectivity index (χ2v) is 9.98. The Bertz CT molecular complexity index is 1240. The van der Waals surface area contributed by atoms with E-state index in [0.717, 1.165) is 15.6 Å². The molecule has 3 aromatic rings. The lowest BCUT2D eigenvalue weighted by Gasteiger charge is -2.18. The average molecular weight is 506 g/mol. The molecule has 11 heteroatoms. The van der Waals surface area contributed by atoms with Crippen molar-refractivity contribution in [3.63, 3.8) is 0 Å². The number of benzene rings is 2. The molecule has 0 radical (unpaired) electrons. The van der Waals surface area contributed by atoms with Gasteiger partial charge in [-0.2, -0.15) is 0 Å². The summed E-state index contributed by atoms with van der Waals surface area (Å²) in [5, 5.41) is 1.69. The quantitative estimate of drug-likeness (QED) is 0.288. The van der Waals surface area contributed by atoms with Crippen LogP contribution in [0.25, 0.3) is 0 Å². The average Bonchev–Trinajstić information content (AvgIpc) is 3.41. The number of nitrogens with zero attached hydrogens (tertiary/aromatic N) is 1. The van der Waals surface area contributed by atoms with Crippen LogP contribution in [0.1, 0.15) is 10.4 Å². The highest BCUT2D eigenvalue weighted by Gasteiger charge is 2.22. The van der Waals surface area contributed by atoms with Crippen LogP contribution < -0.4 is 18.5 Å². The number of Topliss-reactive ketones (excluding diaryl/α,β-unsaturated/α-hetero) is 1. The molecule has 0 aliphatic heterocycles. The first-order chi connectivity index (χ1) is 16.3. The predicted molar refractivity (Wildman–Crippen MR) is 127 cm³/mol. The first kappa shape index (κ1) is 25.1. The van der Waals surface area contributed by atoms with E-state index in [1.165, 1.54) is 45.5 Å². The number of sulfonamides is 1. The molecule has 0 N–H and O–H groups in total. The van der Waals surface area contributed by atoms with Crippen LogP contribution in [-0.2, 0) is 19.6 Å². The minimum Gasteiger partial charge on any atom is -0.497 e. The second-order valence-electron chi connectivity index (χ2n) is 6.84. The van der Waals surface area contributed by atoms with Gasteiger partial charge in [-0.3, -0.25) is 9.10 Å². The number of methoxy groups -OCH3 is 2. The van der Waals surface area contributed by atoms with Gasteiger partial charge in [-0.1, -0.05) is 6.07 Å². The number of ether oxygens (including phenoxy) is 4.